The van der Waals surface area contributed by atoms with E-state index >= 15 is 0 Å². The van der Waals surface area contributed by atoms with Gasteiger partial charge in [-0.3, -0.25) is 14.4 Å². The third kappa shape index (κ3) is 12.3. The molecule has 0 saturated carbocycles. The third-order valence-electron chi connectivity index (χ3n) is 11.0. The van der Waals surface area contributed by atoms with E-state index < -0.39 is 83.9 Å². The molecule has 1 saturated heterocycles. The van der Waals surface area contributed by atoms with Gasteiger partial charge in [0.1, 0.15) is 18.1 Å². The van der Waals surface area contributed by atoms with Crippen molar-refractivity contribution in [1.82, 2.24) is 14.7 Å². The van der Waals surface area contributed by atoms with Crippen molar-refractivity contribution in [2.75, 3.05) is 21.1 Å². The summed E-state index contributed by atoms with van der Waals surface area (Å²) in [6.07, 6.45) is -3.38. The number of carbonyl (C=O) groups is 6. The summed E-state index contributed by atoms with van der Waals surface area (Å²) < 4.78 is 18.3. The van der Waals surface area contributed by atoms with E-state index in [-0.39, 0.29) is 31.6 Å². The standard InChI is InChI=1S/C47H61N3O9/c1-10-32(6)41-44(53)50(9)36(27-33-20-14-11-15-21-33)45(54)57-39(26-30(2)3)42(51)48(7)37(28-34-22-16-12-17-23-34)46(55)58-40(31(4)5)43(52)49(8)38(47(56)59-41)29-35-24-18-13-19-25-35/h11-25,30-32,36-41H,10,26-29H2,1-9H3. The lowest BCUT2D eigenvalue weighted by atomic mass is 9.97. The normalized spacial score (nSPS) is 23.7. The zero-order valence-electron chi connectivity index (χ0n) is 35.9. The third-order valence-corrected chi connectivity index (χ3v) is 11.0. The first kappa shape index (κ1) is 46.2. The van der Waals surface area contributed by atoms with Crippen molar-refractivity contribution in [3.63, 3.8) is 0 Å². The van der Waals surface area contributed by atoms with Crippen LogP contribution in [-0.2, 0) is 62.2 Å². The van der Waals surface area contributed by atoms with Crippen LogP contribution in [0.2, 0.25) is 0 Å². The minimum atomic E-state index is -1.36. The zero-order valence-corrected chi connectivity index (χ0v) is 35.9. The number of hydrogen-bond donors (Lipinski definition) is 0. The lowest BCUT2D eigenvalue weighted by Gasteiger charge is -2.37. The number of likely N-dealkylation sites (N-methyl/N-ethyl adjacent to an activating group) is 3. The number of benzene rings is 3. The molecule has 0 spiro atoms. The monoisotopic (exact) mass is 811 g/mol. The molecular formula is C47H61N3O9. The molecule has 0 aromatic heterocycles. The van der Waals surface area contributed by atoms with Crippen molar-refractivity contribution < 1.29 is 43.0 Å². The van der Waals surface area contributed by atoms with Gasteiger partial charge < -0.3 is 28.9 Å². The molecule has 12 heteroatoms. The number of carbonyl (C=O) groups excluding carboxylic acids is 6. The highest BCUT2D eigenvalue weighted by molar-refractivity contribution is 5.94. The molecule has 12 nitrogen and oxygen atoms in total. The summed E-state index contributed by atoms with van der Waals surface area (Å²) in [7, 11) is 4.36. The maximum atomic E-state index is 14.6. The number of hydrogen-bond acceptors (Lipinski definition) is 9. The molecule has 3 amide bonds. The summed E-state index contributed by atoms with van der Waals surface area (Å²) in [5.41, 5.74) is 2.18. The Balaban J connectivity index is 1.91. The summed E-state index contributed by atoms with van der Waals surface area (Å²) in [5, 5.41) is 0. The molecular weight excluding hydrogens is 751 g/mol. The van der Waals surface area contributed by atoms with Crippen molar-refractivity contribution >= 4 is 35.6 Å². The second-order valence-electron chi connectivity index (χ2n) is 16.4. The quantitative estimate of drug-likeness (QED) is 0.177. The summed E-state index contributed by atoms with van der Waals surface area (Å²) in [6, 6.07) is 23.6. The Morgan fingerprint density at radius 1 is 0.492 bits per heavy atom. The first-order valence-corrected chi connectivity index (χ1v) is 20.6. The summed E-state index contributed by atoms with van der Waals surface area (Å²) in [5.74, 6) is -5.61. The van der Waals surface area contributed by atoms with E-state index in [0.29, 0.717) is 6.42 Å². The van der Waals surface area contributed by atoms with E-state index in [1.807, 2.05) is 112 Å². The minimum absolute atomic E-state index is 0.0337. The lowest BCUT2D eigenvalue weighted by Crippen LogP contribution is -2.56. The second-order valence-corrected chi connectivity index (χ2v) is 16.4. The van der Waals surface area contributed by atoms with Crippen molar-refractivity contribution in [1.29, 1.82) is 0 Å². The lowest BCUT2D eigenvalue weighted by molar-refractivity contribution is -0.179. The number of rotatable bonds is 11. The van der Waals surface area contributed by atoms with Crippen LogP contribution in [0.25, 0.3) is 0 Å². The first-order valence-electron chi connectivity index (χ1n) is 20.6. The van der Waals surface area contributed by atoms with Gasteiger partial charge in [0.25, 0.3) is 17.7 Å². The SMILES string of the molecule is CCC(C)C1OC(=O)C(Cc2ccccc2)N(C)C(=O)C(C(C)C)OC(=O)C(Cc2ccccc2)N(C)C(=O)C(CC(C)C)OC(=O)C(Cc2ccccc2)N(C)C1=O. The smallest absolute Gasteiger partial charge is 0.329 e. The Morgan fingerprint density at radius 2 is 0.831 bits per heavy atom. The van der Waals surface area contributed by atoms with Crippen molar-refractivity contribution in [2.24, 2.45) is 17.8 Å². The highest BCUT2D eigenvalue weighted by Crippen LogP contribution is 2.25. The summed E-state index contributed by atoms with van der Waals surface area (Å²) in [6.45, 7) is 10.8. The molecule has 7 unspecified atom stereocenters. The zero-order chi connectivity index (χ0) is 43.4. The molecule has 0 N–H and O–H groups in total. The van der Waals surface area contributed by atoms with Crippen LogP contribution in [0.5, 0.6) is 0 Å². The van der Waals surface area contributed by atoms with E-state index in [2.05, 4.69) is 0 Å². The maximum absolute atomic E-state index is 14.6. The Labute approximate surface area is 349 Å². The predicted molar refractivity (Wildman–Crippen MR) is 223 cm³/mol. The van der Waals surface area contributed by atoms with Crippen LogP contribution in [0.15, 0.2) is 91.0 Å². The van der Waals surface area contributed by atoms with Gasteiger partial charge in [0.05, 0.1) is 0 Å². The van der Waals surface area contributed by atoms with Crippen LogP contribution in [-0.4, -0.2) is 108 Å². The average Bonchev–Trinajstić information content (AvgIpc) is 3.23. The predicted octanol–water partition coefficient (Wildman–Crippen LogP) is 5.69. The molecule has 0 radical (unpaired) electrons. The van der Waals surface area contributed by atoms with Crippen molar-refractivity contribution in [3.8, 4) is 0 Å². The Kier molecular flexibility index (Phi) is 16.8. The van der Waals surface area contributed by atoms with E-state index in [1.165, 1.54) is 35.8 Å². The minimum Gasteiger partial charge on any atom is -0.451 e. The number of esters is 3. The number of cyclic esters (lactones) is 3. The van der Waals surface area contributed by atoms with E-state index in [9.17, 15) is 28.8 Å². The van der Waals surface area contributed by atoms with Gasteiger partial charge in [0.15, 0.2) is 18.3 Å². The number of nitrogens with zero attached hydrogens (tertiary/aromatic N) is 3. The molecule has 318 valence electrons. The molecule has 3 aromatic carbocycles. The Hall–Kier alpha value is -5.52. The van der Waals surface area contributed by atoms with Crippen LogP contribution in [0.4, 0.5) is 0 Å². The summed E-state index contributed by atoms with van der Waals surface area (Å²) in [4.78, 5) is 90.8. The fraction of sp³-hybridized carbons (Fsp3) is 0.489. The van der Waals surface area contributed by atoms with Gasteiger partial charge in [-0.05, 0) is 41.4 Å². The maximum Gasteiger partial charge on any atom is 0.329 e. The molecule has 4 rings (SSSR count). The largest absolute Gasteiger partial charge is 0.451 e. The van der Waals surface area contributed by atoms with Gasteiger partial charge >= 0.3 is 17.9 Å². The second kappa shape index (κ2) is 21.5. The van der Waals surface area contributed by atoms with Crippen LogP contribution in [0.3, 0.4) is 0 Å². The van der Waals surface area contributed by atoms with E-state index in [4.69, 9.17) is 14.2 Å². The molecule has 0 aliphatic carbocycles. The molecule has 1 aliphatic rings. The van der Waals surface area contributed by atoms with Crippen molar-refractivity contribution in [3.05, 3.63) is 108 Å². The highest BCUT2D eigenvalue weighted by atomic mass is 16.6. The van der Waals surface area contributed by atoms with Gasteiger partial charge in [-0.1, -0.05) is 133 Å². The topological polar surface area (TPSA) is 140 Å². The van der Waals surface area contributed by atoms with E-state index in [0.717, 1.165) is 16.7 Å². The molecule has 0 bridgehead atoms. The Morgan fingerprint density at radius 3 is 1.19 bits per heavy atom. The van der Waals surface area contributed by atoms with Gasteiger partial charge in [-0.25, -0.2) is 14.4 Å². The van der Waals surface area contributed by atoms with Crippen LogP contribution in [0.1, 0.15) is 71.1 Å². The molecule has 7 atom stereocenters. The number of ether oxygens (including phenoxy) is 3. The highest BCUT2D eigenvalue weighted by Gasteiger charge is 2.44. The molecule has 3 aromatic rings. The van der Waals surface area contributed by atoms with Crippen LogP contribution in [0, 0.1) is 17.8 Å². The van der Waals surface area contributed by atoms with Crippen LogP contribution >= 0.6 is 0 Å². The van der Waals surface area contributed by atoms with E-state index in [1.54, 1.807) is 20.8 Å². The van der Waals surface area contributed by atoms with Gasteiger partial charge in [-0.2, -0.15) is 0 Å². The molecule has 1 fully saturated rings. The van der Waals surface area contributed by atoms with Crippen LogP contribution < -0.4 is 0 Å². The fourth-order valence-electron chi connectivity index (χ4n) is 7.09. The summed E-state index contributed by atoms with van der Waals surface area (Å²) >= 11 is 0. The fourth-order valence-corrected chi connectivity index (χ4v) is 7.09. The number of amides is 3. The molecule has 1 heterocycles. The van der Waals surface area contributed by atoms with Gasteiger partial charge in [0.2, 0.25) is 0 Å². The van der Waals surface area contributed by atoms with Crippen molar-refractivity contribution in [2.45, 2.75) is 110 Å². The first-order chi connectivity index (χ1) is 28.0. The van der Waals surface area contributed by atoms with Gasteiger partial charge in [-0.15, -0.1) is 0 Å². The Bertz CT molecular complexity index is 1870. The molecule has 59 heavy (non-hydrogen) atoms. The molecule has 1 aliphatic heterocycles. The van der Waals surface area contributed by atoms with Gasteiger partial charge in [0, 0.05) is 46.3 Å². The average molecular weight is 812 g/mol.